The van der Waals surface area contributed by atoms with Crippen molar-refractivity contribution >= 4 is 52.0 Å². The predicted molar refractivity (Wildman–Crippen MR) is 131 cm³/mol. The zero-order valence-electron chi connectivity index (χ0n) is 17.5. The molecule has 0 bridgehead atoms. The van der Waals surface area contributed by atoms with E-state index in [-0.39, 0.29) is 10.7 Å². The summed E-state index contributed by atoms with van der Waals surface area (Å²) in [5.74, 6) is -1.18. The van der Waals surface area contributed by atoms with Crippen LogP contribution in [0.3, 0.4) is 0 Å². The van der Waals surface area contributed by atoms with Crippen LogP contribution in [-0.2, 0) is 4.79 Å². The number of carbonyl (C=O) groups excluding carboxylic acids is 2. The van der Waals surface area contributed by atoms with Crippen LogP contribution in [0.1, 0.15) is 27.7 Å². The van der Waals surface area contributed by atoms with Crippen LogP contribution in [0.25, 0.3) is 10.8 Å². The second-order valence-corrected chi connectivity index (χ2v) is 7.92. The van der Waals surface area contributed by atoms with Crippen molar-refractivity contribution in [2.45, 2.75) is 6.04 Å². The number of amides is 2. The fourth-order valence-electron chi connectivity index (χ4n) is 3.27. The maximum atomic E-state index is 13.2. The Bertz CT molecular complexity index is 1450. The molecule has 0 spiro atoms. The first-order valence-corrected chi connectivity index (χ1v) is 10.8. The first-order valence-electron chi connectivity index (χ1n) is 10.1. The average molecular weight is 494 g/mol. The topological polar surface area (TPSA) is 116 Å². The van der Waals surface area contributed by atoms with Crippen LogP contribution in [0.4, 0.5) is 0 Å². The molecular weight excluding hydrogens is 477 g/mol. The van der Waals surface area contributed by atoms with Gasteiger partial charge in [0.2, 0.25) is 0 Å². The molecule has 1 atom stereocenters. The summed E-state index contributed by atoms with van der Waals surface area (Å²) in [7, 11) is 0. The summed E-state index contributed by atoms with van der Waals surface area (Å²) in [6, 6.07) is 18.8. The number of rotatable bonds is 6. The molecular formula is C24H17Cl2N5O3. The quantitative estimate of drug-likeness (QED) is 0.279. The number of nitrogens with zero attached hydrogens (tertiary/aromatic N) is 2. The highest BCUT2D eigenvalue weighted by Gasteiger charge is 2.27. The van der Waals surface area contributed by atoms with E-state index in [1.54, 1.807) is 72.8 Å². The lowest BCUT2D eigenvalue weighted by molar-refractivity contribution is -0.123. The molecule has 34 heavy (non-hydrogen) atoms. The lowest BCUT2D eigenvalue weighted by Crippen LogP contribution is -2.40. The summed E-state index contributed by atoms with van der Waals surface area (Å²) in [6.45, 7) is 0. The Morgan fingerprint density at radius 1 is 0.941 bits per heavy atom. The molecule has 1 unspecified atom stereocenters. The van der Waals surface area contributed by atoms with Gasteiger partial charge in [-0.25, -0.2) is 10.5 Å². The molecule has 1 aromatic heterocycles. The van der Waals surface area contributed by atoms with Crippen molar-refractivity contribution in [3.8, 4) is 0 Å². The normalized spacial score (nSPS) is 11.9. The number of nitrogens with one attached hydrogen (secondary N) is 3. The number of fused-ring (bicyclic) bond motifs is 1. The highest BCUT2D eigenvalue weighted by Crippen LogP contribution is 2.24. The molecule has 4 rings (SSSR count). The van der Waals surface area contributed by atoms with Gasteiger partial charge in [-0.1, -0.05) is 71.7 Å². The van der Waals surface area contributed by atoms with Crippen LogP contribution in [0.2, 0.25) is 10.0 Å². The van der Waals surface area contributed by atoms with Crippen LogP contribution >= 0.6 is 23.2 Å². The predicted octanol–water partition coefficient (Wildman–Crippen LogP) is 3.85. The Balaban J connectivity index is 1.68. The van der Waals surface area contributed by atoms with E-state index in [0.717, 1.165) is 0 Å². The largest absolute Gasteiger partial charge is 0.335 e. The van der Waals surface area contributed by atoms with Crippen LogP contribution in [-0.4, -0.2) is 28.2 Å². The third-order valence-corrected chi connectivity index (χ3v) is 5.77. The third kappa shape index (κ3) is 4.98. The SMILES string of the molecule is O=C(NC(C(=O)NN=Cc1cccc(Cl)c1Cl)c1n[nH]c(=O)c2ccccc12)c1ccccc1. The van der Waals surface area contributed by atoms with Gasteiger partial charge in [0.1, 0.15) is 5.69 Å². The molecule has 0 fully saturated rings. The molecule has 0 radical (unpaired) electrons. The van der Waals surface area contributed by atoms with Gasteiger partial charge in [-0.05, 0) is 24.3 Å². The first kappa shape index (κ1) is 23.2. The molecule has 0 saturated carbocycles. The number of hydrogen-bond acceptors (Lipinski definition) is 5. The van der Waals surface area contributed by atoms with Gasteiger partial charge < -0.3 is 5.32 Å². The smallest absolute Gasteiger partial charge is 0.272 e. The summed E-state index contributed by atoms with van der Waals surface area (Å²) in [5, 5.41) is 14.4. The summed E-state index contributed by atoms with van der Waals surface area (Å²) >= 11 is 12.2. The zero-order chi connectivity index (χ0) is 24.1. The maximum absolute atomic E-state index is 13.2. The van der Waals surface area contributed by atoms with Crippen LogP contribution in [0, 0.1) is 0 Å². The summed E-state index contributed by atoms with van der Waals surface area (Å²) in [4.78, 5) is 38.2. The summed E-state index contributed by atoms with van der Waals surface area (Å²) < 4.78 is 0. The lowest BCUT2D eigenvalue weighted by atomic mass is 10.0. The first-order chi connectivity index (χ1) is 16.5. The number of H-pyrrole nitrogens is 1. The molecule has 3 aromatic carbocycles. The van der Waals surface area contributed by atoms with Crippen molar-refractivity contribution in [1.29, 1.82) is 0 Å². The molecule has 170 valence electrons. The Morgan fingerprint density at radius 2 is 1.65 bits per heavy atom. The molecule has 4 aromatic rings. The van der Waals surface area contributed by atoms with Gasteiger partial charge in [-0.3, -0.25) is 14.4 Å². The van der Waals surface area contributed by atoms with Crippen molar-refractivity contribution in [1.82, 2.24) is 20.9 Å². The van der Waals surface area contributed by atoms with E-state index >= 15 is 0 Å². The highest BCUT2D eigenvalue weighted by atomic mass is 35.5. The van der Waals surface area contributed by atoms with E-state index < -0.39 is 23.4 Å². The molecule has 0 saturated heterocycles. The van der Waals surface area contributed by atoms with Crippen molar-refractivity contribution in [2.75, 3.05) is 0 Å². The molecule has 0 aliphatic carbocycles. The number of aromatic amines is 1. The van der Waals surface area contributed by atoms with E-state index in [2.05, 4.69) is 26.0 Å². The Kier molecular flexibility index (Phi) is 7.01. The number of benzene rings is 3. The second-order valence-electron chi connectivity index (χ2n) is 7.13. The van der Waals surface area contributed by atoms with Gasteiger partial charge in [0, 0.05) is 16.5 Å². The van der Waals surface area contributed by atoms with Crippen molar-refractivity contribution in [3.63, 3.8) is 0 Å². The average Bonchev–Trinajstić information content (AvgIpc) is 2.86. The van der Waals surface area contributed by atoms with E-state index in [9.17, 15) is 14.4 Å². The maximum Gasteiger partial charge on any atom is 0.272 e. The minimum atomic E-state index is -1.26. The highest BCUT2D eigenvalue weighted by molar-refractivity contribution is 6.43. The van der Waals surface area contributed by atoms with E-state index in [1.807, 2.05) is 0 Å². The van der Waals surface area contributed by atoms with Gasteiger partial charge in [0.05, 0.1) is 21.6 Å². The molecule has 0 aliphatic rings. The third-order valence-electron chi connectivity index (χ3n) is 4.93. The lowest BCUT2D eigenvalue weighted by Gasteiger charge is -2.18. The monoisotopic (exact) mass is 493 g/mol. The fraction of sp³-hybridized carbons (Fsp3) is 0.0417. The molecule has 8 nitrogen and oxygen atoms in total. The molecule has 0 aliphatic heterocycles. The van der Waals surface area contributed by atoms with Gasteiger partial charge in [-0.2, -0.15) is 10.2 Å². The Morgan fingerprint density at radius 3 is 2.41 bits per heavy atom. The Hall–Kier alpha value is -4.01. The second kappa shape index (κ2) is 10.3. The van der Waals surface area contributed by atoms with E-state index in [0.29, 0.717) is 26.9 Å². The van der Waals surface area contributed by atoms with Gasteiger partial charge in [0.15, 0.2) is 6.04 Å². The van der Waals surface area contributed by atoms with Crippen LogP contribution in [0.5, 0.6) is 0 Å². The summed E-state index contributed by atoms with van der Waals surface area (Å²) in [5.41, 5.74) is 2.98. The molecule has 1 heterocycles. The van der Waals surface area contributed by atoms with Crippen LogP contribution in [0.15, 0.2) is 82.7 Å². The van der Waals surface area contributed by atoms with E-state index in [4.69, 9.17) is 23.2 Å². The number of aromatic nitrogens is 2. The standard InChI is InChI=1S/C24H17Cl2N5O3/c25-18-12-6-9-15(19(18)26)13-27-30-24(34)21(28-22(32)14-7-2-1-3-8-14)20-16-10-4-5-11-17(16)23(33)31-29-20/h1-13,21H,(H,28,32)(H,30,34)(H,31,33). The number of halogens is 2. The van der Waals surface area contributed by atoms with Crippen molar-refractivity contribution in [2.24, 2.45) is 5.10 Å². The molecule has 10 heteroatoms. The van der Waals surface area contributed by atoms with E-state index in [1.165, 1.54) is 6.21 Å². The minimum Gasteiger partial charge on any atom is -0.335 e. The van der Waals surface area contributed by atoms with Gasteiger partial charge >= 0.3 is 0 Å². The van der Waals surface area contributed by atoms with Crippen molar-refractivity contribution < 1.29 is 9.59 Å². The fourth-order valence-corrected chi connectivity index (χ4v) is 3.62. The number of hydrogen-bond donors (Lipinski definition) is 3. The number of hydrazone groups is 1. The van der Waals surface area contributed by atoms with Gasteiger partial charge in [-0.15, -0.1) is 0 Å². The van der Waals surface area contributed by atoms with Gasteiger partial charge in [0.25, 0.3) is 17.4 Å². The molecule has 2 amide bonds. The minimum absolute atomic E-state index is 0.160. The Labute approximate surface area is 203 Å². The van der Waals surface area contributed by atoms with Crippen LogP contribution < -0.4 is 16.3 Å². The zero-order valence-corrected chi connectivity index (χ0v) is 19.0. The summed E-state index contributed by atoms with van der Waals surface area (Å²) in [6.07, 6.45) is 1.33. The van der Waals surface area contributed by atoms with Crippen molar-refractivity contribution in [3.05, 3.63) is 110 Å². The molecule has 3 N–H and O–H groups in total. The number of carbonyl (C=O) groups is 2.